The normalized spacial score (nSPS) is 44.7. The molecule has 0 aromatic carbocycles. The molecule has 1 saturated heterocycles. The smallest absolute Gasteiger partial charge is 0.0989 e. The zero-order valence-corrected chi connectivity index (χ0v) is 6.57. The van der Waals surface area contributed by atoms with E-state index in [4.69, 9.17) is 5.11 Å². The second-order valence-electron chi connectivity index (χ2n) is 2.95. The van der Waals surface area contributed by atoms with Crippen LogP contribution in [0.2, 0.25) is 0 Å². The Bertz CT molecular complexity index is 113. The first-order valence-corrected chi connectivity index (χ1v) is 3.93. The maximum atomic E-state index is 9.34. The molecule has 66 valence electrons. The van der Waals surface area contributed by atoms with E-state index in [-0.39, 0.29) is 18.7 Å². The van der Waals surface area contributed by atoms with E-state index in [1.165, 1.54) is 0 Å². The first kappa shape index (κ1) is 8.93. The molecule has 0 radical (unpaired) electrons. The summed E-state index contributed by atoms with van der Waals surface area (Å²) < 4.78 is 0. The van der Waals surface area contributed by atoms with Crippen LogP contribution >= 0.6 is 0 Å². The Morgan fingerprint density at radius 1 is 1.18 bits per heavy atom. The summed E-state index contributed by atoms with van der Waals surface area (Å²) in [5, 5.41) is 30.3. The standard InChI is InChI=1S/C7H15NO3/c1-2-4-6(10)7(11)5(3-9)8-4/h4-11H,2-3H2,1H3/t4-,5-,6-,7+/m1/s1. The molecule has 1 heterocycles. The number of nitrogens with one attached hydrogen (secondary N) is 1. The van der Waals surface area contributed by atoms with Gasteiger partial charge in [-0.3, -0.25) is 0 Å². The summed E-state index contributed by atoms with van der Waals surface area (Å²) in [7, 11) is 0. The van der Waals surface area contributed by atoms with Crippen LogP contribution < -0.4 is 5.32 Å². The highest BCUT2D eigenvalue weighted by Gasteiger charge is 2.39. The maximum Gasteiger partial charge on any atom is 0.0989 e. The van der Waals surface area contributed by atoms with Crippen molar-refractivity contribution in [2.24, 2.45) is 0 Å². The number of aliphatic hydroxyl groups is 3. The van der Waals surface area contributed by atoms with Crippen LogP contribution in [0.1, 0.15) is 13.3 Å². The third kappa shape index (κ3) is 1.54. The van der Waals surface area contributed by atoms with Crippen molar-refractivity contribution in [1.29, 1.82) is 0 Å². The number of rotatable bonds is 2. The zero-order chi connectivity index (χ0) is 8.43. The summed E-state index contributed by atoms with van der Waals surface area (Å²) in [4.78, 5) is 0. The van der Waals surface area contributed by atoms with Crippen molar-refractivity contribution in [1.82, 2.24) is 5.32 Å². The van der Waals surface area contributed by atoms with Gasteiger partial charge in [-0.2, -0.15) is 0 Å². The summed E-state index contributed by atoms with van der Waals surface area (Å²) in [5.41, 5.74) is 0. The van der Waals surface area contributed by atoms with Crippen LogP contribution in [0.15, 0.2) is 0 Å². The highest BCUT2D eigenvalue weighted by molar-refractivity contribution is 4.96. The van der Waals surface area contributed by atoms with Crippen LogP contribution in [0.5, 0.6) is 0 Å². The minimum absolute atomic E-state index is 0.0813. The number of hydrogen-bond donors (Lipinski definition) is 4. The summed E-state index contributed by atoms with van der Waals surface area (Å²) in [6.07, 6.45) is -0.809. The Kier molecular flexibility index (Phi) is 2.84. The van der Waals surface area contributed by atoms with Gasteiger partial charge in [0.1, 0.15) is 0 Å². The van der Waals surface area contributed by atoms with E-state index in [1.807, 2.05) is 6.92 Å². The molecule has 0 spiro atoms. The second kappa shape index (κ2) is 3.49. The summed E-state index contributed by atoms with van der Waals surface area (Å²) >= 11 is 0. The first-order chi connectivity index (χ1) is 5.20. The Hall–Kier alpha value is -0.160. The minimum Gasteiger partial charge on any atom is -0.395 e. The first-order valence-electron chi connectivity index (χ1n) is 3.93. The van der Waals surface area contributed by atoms with Gasteiger partial charge in [0.2, 0.25) is 0 Å². The molecule has 4 heteroatoms. The van der Waals surface area contributed by atoms with Gasteiger partial charge in [-0.15, -0.1) is 0 Å². The lowest BCUT2D eigenvalue weighted by molar-refractivity contribution is 0.0193. The van der Waals surface area contributed by atoms with E-state index < -0.39 is 12.2 Å². The van der Waals surface area contributed by atoms with Gasteiger partial charge in [0.05, 0.1) is 24.9 Å². The third-order valence-electron chi connectivity index (χ3n) is 2.24. The highest BCUT2D eigenvalue weighted by Crippen LogP contribution is 2.15. The number of hydrogen-bond acceptors (Lipinski definition) is 4. The van der Waals surface area contributed by atoms with E-state index in [0.717, 1.165) is 6.42 Å². The monoisotopic (exact) mass is 161 g/mol. The molecule has 4 atom stereocenters. The van der Waals surface area contributed by atoms with Crippen molar-refractivity contribution < 1.29 is 15.3 Å². The fourth-order valence-corrected chi connectivity index (χ4v) is 1.47. The van der Waals surface area contributed by atoms with Crippen LogP contribution in [0.4, 0.5) is 0 Å². The van der Waals surface area contributed by atoms with Gasteiger partial charge in [0.25, 0.3) is 0 Å². The fourth-order valence-electron chi connectivity index (χ4n) is 1.47. The van der Waals surface area contributed by atoms with Gasteiger partial charge in [0.15, 0.2) is 0 Å². The zero-order valence-electron chi connectivity index (χ0n) is 6.57. The summed E-state index contributed by atoms with van der Waals surface area (Å²) in [5.74, 6) is 0. The molecule has 0 amide bonds. The molecule has 11 heavy (non-hydrogen) atoms. The summed E-state index contributed by atoms with van der Waals surface area (Å²) in [6.45, 7) is 1.79. The average Bonchev–Trinajstić information content (AvgIpc) is 2.30. The topological polar surface area (TPSA) is 72.7 Å². The molecular weight excluding hydrogens is 146 g/mol. The molecule has 1 aliphatic rings. The minimum atomic E-state index is -0.829. The van der Waals surface area contributed by atoms with Gasteiger partial charge in [-0.1, -0.05) is 6.92 Å². The van der Waals surface area contributed by atoms with Crippen LogP contribution in [-0.4, -0.2) is 46.2 Å². The average molecular weight is 161 g/mol. The molecule has 1 rings (SSSR count). The summed E-state index contributed by atoms with van der Waals surface area (Å²) in [6, 6.07) is -0.447. The quantitative estimate of drug-likeness (QED) is 0.396. The Labute approximate surface area is 65.9 Å². The molecule has 0 aliphatic carbocycles. The largest absolute Gasteiger partial charge is 0.395 e. The molecule has 0 saturated carbocycles. The predicted octanol–water partition coefficient (Wildman–Crippen LogP) is -1.55. The van der Waals surface area contributed by atoms with Crippen molar-refractivity contribution in [3.63, 3.8) is 0 Å². The third-order valence-corrected chi connectivity index (χ3v) is 2.24. The van der Waals surface area contributed by atoms with Gasteiger partial charge in [-0.25, -0.2) is 0 Å². The van der Waals surface area contributed by atoms with E-state index in [9.17, 15) is 10.2 Å². The van der Waals surface area contributed by atoms with Crippen LogP contribution in [0, 0.1) is 0 Å². The predicted molar refractivity (Wildman–Crippen MR) is 40.1 cm³/mol. The van der Waals surface area contributed by atoms with Gasteiger partial charge >= 0.3 is 0 Å². The van der Waals surface area contributed by atoms with Crippen molar-refractivity contribution in [3.8, 4) is 0 Å². The molecule has 4 N–H and O–H groups in total. The molecule has 4 nitrogen and oxygen atoms in total. The lowest BCUT2D eigenvalue weighted by atomic mass is 10.1. The van der Waals surface area contributed by atoms with Gasteiger partial charge < -0.3 is 20.6 Å². The van der Waals surface area contributed by atoms with E-state index in [2.05, 4.69) is 5.32 Å². The van der Waals surface area contributed by atoms with Gasteiger partial charge in [-0.05, 0) is 6.42 Å². The van der Waals surface area contributed by atoms with Crippen molar-refractivity contribution in [2.45, 2.75) is 37.6 Å². The number of aliphatic hydroxyl groups excluding tert-OH is 3. The SMILES string of the molecule is CC[C@H]1N[C@H](CO)[C@H](O)[C@@H]1O. The van der Waals surface area contributed by atoms with E-state index in [0.29, 0.717) is 0 Å². The lowest BCUT2D eigenvalue weighted by Gasteiger charge is -2.12. The van der Waals surface area contributed by atoms with Crippen molar-refractivity contribution >= 4 is 0 Å². The van der Waals surface area contributed by atoms with Crippen LogP contribution in [0.25, 0.3) is 0 Å². The fraction of sp³-hybridized carbons (Fsp3) is 1.00. The Balaban J connectivity index is 2.53. The molecule has 0 aromatic rings. The lowest BCUT2D eigenvalue weighted by Crippen LogP contribution is -2.36. The molecule has 0 aromatic heterocycles. The van der Waals surface area contributed by atoms with E-state index >= 15 is 0 Å². The Morgan fingerprint density at radius 3 is 2.00 bits per heavy atom. The van der Waals surface area contributed by atoms with Crippen molar-refractivity contribution in [3.05, 3.63) is 0 Å². The van der Waals surface area contributed by atoms with Gasteiger partial charge in [0, 0.05) is 6.04 Å². The highest BCUT2D eigenvalue weighted by atomic mass is 16.3. The molecule has 0 unspecified atom stereocenters. The van der Waals surface area contributed by atoms with Crippen molar-refractivity contribution in [2.75, 3.05) is 6.61 Å². The molecular formula is C7H15NO3. The molecule has 0 bridgehead atoms. The van der Waals surface area contributed by atoms with Crippen LogP contribution in [0.3, 0.4) is 0 Å². The van der Waals surface area contributed by atoms with E-state index in [1.54, 1.807) is 0 Å². The second-order valence-corrected chi connectivity index (χ2v) is 2.95. The Morgan fingerprint density at radius 2 is 1.73 bits per heavy atom. The van der Waals surface area contributed by atoms with Crippen LogP contribution in [-0.2, 0) is 0 Å². The molecule has 1 aliphatic heterocycles. The maximum absolute atomic E-state index is 9.34. The molecule has 1 fully saturated rings.